The number of fused-ring (bicyclic) bond motifs is 1. The van der Waals surface area contributed by atoms with Crippen LogP contribution in [-0.4, -0.2) is 31.3 Å². The van der Waals surface area contributed by atoms with Gasteiger partial charge in [0.2, 0.25) is 5.91 Å². The summed E-state index contributed by atoms with van der Waals surface area (Å²) < 4.78 is 30.0. The number of para-hydroxylation sites is 2. The second kappa shape index (κ2) is 9.94. The molecule has 0 aliphatic rings. The van der Waals surface area contributed by atoms with Crippen molar-refractivity contribution in [3.05, 3.63) is 82.4 Å². The first kappa shape index (κ1) is 23.3. The molecule has 1 N–H and O–H groups in total. The third kappa shape index (κ3) is 4.88. The highest BCUT2D eigenvalue weighted by Crippen LogP contribution is 2.19. The molecule has 0 unspecified atom stereocenters. The first-order chi connectivity index (χ1) is 16.4. The zero-order valence-electron chi connectivity index (χ0n) is 19.0. The van der Waals surface area contributed by atoms with Gasteiger partial charge in [-0.1, -0.05) is 26.0 Å². The minimum atomic E-state index is -0.991. The number of benzene rings is 2. The normalized spacial score (nSPS) is 12.1. The number of carbonyl (C=O) groups is 1. The Morgan fingerprint density at radius 3 is 2.59 bits per heavy atom. The summed E-state index contributed by atoms with van der Waals surface area (Å²) in [5.74, 6) is -1.33. The summed E-state index contributed by atoms with van der Waals surface area (Å²) in [5.41, 5.74) is 2.05. The molecule has 2 aromatic carbocycles. The minimum Gasteiger partial charge on any atom is -0.350 e. The van der Waals surface area contributed by atoms with Gasteiger partial charge in [0.25, 0.3) is 5.56 Å². The molecule has 0 spiro atoms. The molecule has 2 aromatic heterocycles. The van der Waals surface area contributed by atoms with Crippen molar-refractivity contribution in [3.8, 4) is 11.3 Å². The average Bonchev–Trinajstić information content (AvgIpc) is 3.19. The third-order valence-corrected chi connectivity index (χ3v) is 5.68. The summed E-state index contributed by atoms with van der Waals surface area (Å²) in [6.07, 6.45) is 1.26. The van der Waals surface area contributed by atoms with Crippen LogP contribution >= 0.6 is 0 Å². The number of aromatic nitrogens is 4. The lowest BCUT2D eigenvalue weighted by Gasteiger charge is -2.19. The summed E-state index contributed by atoms with van der Waals surface area (Å²) in [4.78, 5) is 29.9. The molecule has 0 saturated carbocycles. The fraction of sp³-hybridized carbons (Fsp3) is 0.280. The van der Waals surface area contributed by atoms with Gasteiger partial charge in [-0.2, -0.15) is 5.10 Å². The van der Waals surface area contributed by atoms with Gasteiger partial charge in [-0.3, -0.25) is 9.59 Å². The van der Waals surface area contributed by atoms with Gasteiger partial charge in [-0.15, -0.1) is 0 Å². The molecule has 0 fully saturated rings. The van der Waals surface area contributed by atoms with E-state index in [1.807, 2.05) is 42.7 Å². The van der Waals surface area contributed by atoms with Crippen LogP contribution in [0.3, 0.4) is 0 Å². The molecule has 1 atom stereocenters. The number of halogens is 2. The smallest absolute Gasteiger partial charge is 0.266 e. The zero-order chi connectivity index (χ0) is 24.2. The van der Waals surface area contributed by atoms with Gasteiger partial charge < -0.3 is 9.88 Å². The monoisotopic (exact) mass is 465 g/mol. The predicted molar refractivity (Wildman–Crippen MR) is 125 cm³/mol. The molecule has 1 amide bonds. The maximum Gasteiger partial charge on any atom is 0.266 e. The lowest BCUT2D eigenvalue weighted by Crippen LogP contribution is -2.42. The molecule has 176 valence electrons. The van der Waals surface area contributed by atoms with Crippen LogP contribution in [0.2, 0.25) is 0 Å². The largest absolute Gasteiger partial charge is 0.350 e. The number of hydrogen-bond donors (Lipinski definition) is 1. The van der Waals surface area contributed by atoms with Crippen LogP contribution in [0.5, 0.6) is 0 Å². The number of nitrogens with zero attached hydrogens (tertiary/aromatic N) is 4. The third-order valence-electron chi connectivity index (χ3n) is 5.68. The van der Waals surface area contributed by atoms with Crippen LogP contribution in [0.15, 0.2) is 59.4 Å². The van der Waals surface area contributed by atoms with E-state index in [0.29, 0.717) is 24.1 Å². The Hall–Kier alpha value is -3.88. The van der Waals surface area contributed by atoms with Crippen LogP contribution in [-0.2, 0) is 24.3 Å². The molecule has 0 bridgehead atoms. The lowest BCUT2D eigenvalue weighted by molar-refractivity contribution is -0.122. The molecule has 2 heterocycles. The molecule has 7 nitrogen and oxygen atoms in total. The standard InChI is InChI=1S/C25H25F2N5O2/c1-3-17(28-24(33)15-31-22-8-6-5-7-21(22)29-23(31)4-2)14-32-25(34)12-11-20(30-32)16-9-10-18(26)19(27)13-16/h5-13,17H,3-4,14-15H2,1-2H3,(H,28,33)/t17-/m1/s1. The van der Waals surface area contributed by atoms with Crippen molar-refractivity contribution in [2.45, 2.75) is 45.8 Å². The van der Waals surface area contributed by atoms with Crippen molar-refractivity contribution in [1.29, 1.82) is 0 Å². The number of aryl methyl sites for hydroxylation is 1. The number of amides is 1. The van der Waals surface area contributed by atoms with E-state index in [-0.39, 0.29) is 30.6 Å². The van der Waals surface area contributed by atoms with E-state index in [9.17, 15) is 18.4 Å². The van der Waals surface area contributed by atoms with Crippen molar-refractivity contribution in [2.75, 3.05) is 0 Å². The van der Waals surface area contributed by atoms with Gasteiger partial charge in [0.1, 0.15) is 12.4 Å². The van der Waals surface area contributed by atoms with Crippen molar-refractivity contribution in [1.82, 2.24) is 24.6 Å². The number of rotatable bonds is 8. The Morgan fingerprint density at radius 1 is 1.06 bits per heavy atom. The van der Waals surface area contributed by atoms with Gasteiger partial charge in [-0.25, -0.2) is 18.4 Å². The molecule has 4 rings (SSSR count). The van der Waals surface area contributed by atoms with E-state index in [1.54, 1.807) is 0 Å². The van der Waals surface area contributed by atoms with Gasteiger partial charge in [0, 0.05) is 24.1 Å². The van der Waals surface area contributed by atoms with Crippen molar-refractivity contribution < 1.29 is 13.6 Å². The van der Waals surface area contributed by atoms with Crippen molar-refractivity contribution in [2.24, 2.45) is 0 Å². The van der Waals surface area contributed by atoms with Gasteiger partial charge in [-0.05, 0) is 42.8 Å². The molecular formula is C25H25F2N5O2. The fourth-order valence-electron chi connectivity index (χ4n) is 3.86. The molecule has 0 radical (unpaired) electrons. The highest BCUT2D eigenvalue weighted by atomic mass is 19.2. The highest BCUT2D eigenvalue weighted by molar-refractivity contribution is 5.81. The van der Waals surface area contributed by atoms with Gasteiger partial charge in [0.15, 0.2) is 11.6 Å². The van der Waals surface area contributed by atoms with E-state index >= 15 is 0 Å². The SMILES string of the molecule is CCc1nc2ccccc2n1CC(=O)N[C@H](CC)Cn1nc(-c2ccc(F)c(F)c2)ccc1=O. The predicted octanol–water partition coefficient (Wildman–Crippen LogP) is 3.70. The van der Waals surface area contributed by atoms with Crippen LogP contribution in [0, 0.1) is 11.6 Å². The molecule has 34 heavy (non-hydrogen) atoms. The first-order valence-corrected chi connectivity index (χ1v) is 11.2. The Bertz CT molecular complexity index is 1400. The van der Waals surface area contributed by atoms with Crippen molar-refractivity contribution >= 4 is 16.9 Å². The van der Waals surface area contributed by atoms with Gasteiger partial charge >= 0.3 is 0 Å². The number of nitrogens with one attached hydrogen (secondary N) is 1. The Morgan fingerprint density at radius 2 is 1.85 bits per heavy atom. The minimum absolute atomic E-state index is 0.109. The van der Waals surface area contributed by atoms with Crippen molar-refractivity contribution in [3.63, 3.8) is 0 Å². The quantitative estimate of drug-likeness (QED) is 0.430. The van der Waals surface area contributed by atoms with Crippen LogP contribution in [0.25, 0.3) is 22.3 Å². The Balaban J connectivity index is 1.51. The van der Waals surface area contributed by atoms with E-state index in [0.717, 1.165) is 29.0 Å². The zero-order valence-corrected chi connectivity index (χ0v) is 19.0. The average molecular weight is 466 g/mol. The van der Waals surface area contributed by atoms with E-state index in [2.05, 4.69) is 15.4 Å². The van der Waals surface area contributed by atoms with Crippen LogP contribution < -0.4 is 10.9 Å². The highest BCUT2D eigenvalue weighted by Gasteiger charge is 2.17. The molecule has 9 heteroatoms. The summed E-state index contributed by atoms with van der Waals surface area (Å²) >= 11 is 0. The number of imidazole rings is 1. The molecular weight excluding hydrogens is 440 g/mol. The Kier molecular flexibility index (Phi) is 6.81. The van der Waals surface area contributed by atoms with E-state index in [1.165, 1.54) is 22.9 Å². The molecule has 0 aliphatic heterocycles. The lowest BCUT2D eigenvalue weighted by atomic mass is 10.1. The summed E-state index contributed by atoms with van der Waals surface area (Å²) in [6, 6.07) is 13.5. The maximum absolute atomic E-state index is 13.6. The van der Waals surface area contributed by atoms with Crippen LogP contribution in [0.1, 0.15) is 26.1 Å². The second-order valence-electron chi connectivity index (χ2n) is 8.00. The molecule has 4 aromatic rings. The van der Waals surface area contributed by atoms with Crippen LogP contribution in [0.4, 0.5) is 8.78 Å². The topological polar surface area (TPSA) is 81.8 Å². The Labute approximate surface area is 195 Å². The molecule has 0 saturated heterocycles. The first-order valence-electron chi connectivity index (χ1n) is 11.2. The summed E-state index contributed by atoms with van der Waals surface area (Å²) in [6.45, 7) is 4.14. The fourth-order valence-corrected chi connectivity index (χ4v) is 3.86. The maximum atomic E-state index is 13.6. The number of hydrogen-bond acceptors (Lipinski definition) is 4. The summed E-state index contributed by atoms with van der Waals surface area (Å²) in [5, 5.41) is 7.28. The summed E-state index contributed by atoms with van der Waals surface area (Å²) in [7, 11) is 0. The second-order valence-corrected chi connectivity index (χ2v) is 8.00. The molecule has 0 aliphatic carbocycles. The number of carbonyl (C=O) groups excluding carboxylic acids is 1. The van der Waals surface area contributed by atoms with Gasteiger partial charge in [0.05, 0.1) is 23.3 Å². The van der Waals surface area contributed by atoms with E-state index in [4.69, 9.17) is 0 Å². The van der Waals surface area contributed by atoms with E-state index < -0.39 is 11.6 Å².